The Hall–Kier alpha value is -1.09. The van der Waals surface area contributed by atoms with Crippen LogP contribution >= 0.6 is 23.2 Å². The lowest BCUT2D eigenvalue weighted by molar-refractivity contribution is 0.215. The second-order valence-electron chi connectivity index (χ2n) is 4.05. The van der Waals surface area contributed by atoms with Crippen LogP contribution in [0.1, 0.15) is 22.8 Å². The van der Waals surface area contributed by atoms with E-state index >= 15 is 0 Å². The van der Waals surface area contributed by atoms with Gasteiger partial charge in [-0.1, -0.05) is 47.5 Å². The van der Waals surface area contributed by atoms with E-state index < -0.39 is 11.9 Å². The van der Waals surface area contributed by atoms with Crippen LogP contribution < -0.4 is 0 Å². The molecule has 1 nitrogen and oxygen atoms in total. The normalized spacial score (nSPS) is 12.5. The minimum atomic E-state index is -1.10. The molecule has 0 bridgehead atoms. The number of aliphatic hydroxyl groups is 1. The lowest BCUT2D eigenvalue weighted by Crippen LogP contribution is -2.04. The minimum Gasteiger partial charge on any atom is -0.383 e. The average molecular weight is 285 g/mol. The maximum absolute atomic E-state index is 13.7. The van der Waals surface area contributed by atoms with Gasteiger partial charge in [0, 0.05) is 21.2 Å². The SMILES string of the molecule is Cc1cccc(C(O)c2ccc(Cl)cc2F)c1Cl. The largest absolute Gasteiger partial charge is 0.383 e. The molecule has 0 heterocycles. The molecule has 0 radical (unpaired) electrons. The maximum atomic E-state index is 13.7. The third-order valence-corrected chi connectivity index (χ3v) is 3.52. The molecule has 0 fully saturated rings. The zero-order valence-electron chi connectivity index (χ0n) is 9.62. The average Bonchev–Trinajstić information content (AvgIpc) is 2.32. The molecule has 1 atom stereocenters. The van der Waals surface area contributed by atoms with E-state index in [1.807, 2.05) is 13.0 Å². The topological polar surface area (TPSA) is 20.2 Å². The first-order chi connectivity index (χ1) is 8.50. The van der Waals surface area contributed by atoms with E-state index in [-0.39, 0.29) is 5.56 Å². The van der Waals surface area contributed by atoms with Crippen LogP contribution in [-0.4, -0.2) is 5.11 Å². The van der Waals surface area contributed by atoms with Crippen molar-refractivity contribution in [1.29, 1.82) is 0 Å². The zero-order valence-corrected chi connectivity index (χ0v) is 11.1. The van der Waals surface area contributed by atoms with Crippen LogP contribution in [0.3, 0.4) is 0 Å². The molecular formula is C14H11Cl2FO. The van der Waals surface area contributed by atoms with Crippen LogP contribution in [-0.2, 0) is 0 Å². The molecule has 2 aromatic carbocycles. The predicted octanol–water partition coefficient (Wildman–Crippen LogP) is 4.52. The van der Waals surface area contributed by atoms with E-state index in [1.54, 1.807) is 12.1 Å². The highest BCUT2D eigenvalue weighted by atomic mass is 35.5. The van der Waals surface area contributed by atoms with Gasteiger partial charge in [-0.05, 0) is 24.6 Å². The monoisotopic (exact) mass is 284 g/mol. The van der Waals surface area contributed by atoms with Gasteiger partial charge in [0.05, 0.1) is 0 Å². The lowest BCUT2D eigenvalue weighted by atomic mass is 9.99. The smallest absolute Gasteiger partial charge is 0.130 e. The number of hydrogen-bond acceptors (Lipinski definition) is 1. The molecule has 0 amide bonds. The summed E-state index contributed by atoms with van der Waals surface area (Å²) in [6.07, 6.45) is -1.10. The van der Waals surface area contributed by atoms with Crippen LogP contribution in [0, 0.1) is 12.7 Å². The Balaban J connectivity index is 2.48. The van der Waals surface area contributed by atoms with E-state index in [9.17, 15) is 9.50 Å². The van der Waals surface area contributed by atoms with Gasteiger partial charge in [-0.3, -0.25) is 0 Å². The van der Waals surface area contributed by atoms with E-state index in [1.165, 1.54) is 18.2 Å². The molecule has 2 aromatic rings. The van der Waals surface area contributed by atoms with Gasteiger partial charge < -0.3 is 5.11 Å². The van der Waals surface area contributed by atoms with Gasteiger partial charge in [0.2, 0.25) is 0 Å². The highest BCUT2D eigenvalue weighted by Gasteiger charge is 2.18. The second kappa shape index (κ2) is 5.27. The van der Waals surface area contributed by atoms with Crippen molar-refractivity contribution < 1.29 is 9.50 Å². The van der Waals surface area contributed by atoms with Crippen molar-refractivity contribution in [2.45, 2.75) is 13.0 Å². The molecule has 2 rings (SSSR count). The molecule has 0 saturated carbocycles. The van der Waals surface area contributed by atoms with E-state index in [4.69, 9.17) is 23.2 Å². The summed E-state index contributed by atoms with van der Waals surface area (Å²) < 4.78 is 13.7. The lowest BCUT2D eigenvalue weighted by Gasteiger charge is -2.15. The summed E-state index contributed by atoms with van der Waals surface area (Å²) in [6, 6.07) is 9.44. The van der Waals surface area contributed by atoms with Gasteiger partial charge in [-0.2, -0.15) is 0 Å². The van der Waals surface area contributed by atoms with E-state index in [0.717, 1.165) is 5.56 Å². The van der Waals surface area contributed by atoms with E-state index in [2.05, 4.69) is 0 Å². The standard InChI is InChI=1S/C14H11Cl2FO/c1-8-3-2-4-11(13(8)16)14(18)10-6-5-9(15)7-12(10)17/h2-7,14,18H,1H3. The van der Waals surface area contributed by atoms with Crippen molar-refractivity contribution in [3.8, 4) is 0 Å². The molecule has 1 unspecified atom stereocenters. The number of rotatable bonds is 2. The van der Waals surface area contributed by atoms with Gasteiger partial charge in [-0.15, -0.1) is 0 Å². The summed E-state index contributed by atoms with van der Waals surface area (Å²) in [5.74, 6) is -0.549. The Morgan fingerprint density at radius 3 is 2.50 bits per heavy atom. The molecule has 0 spiro atoms. The van der Waals surface area contributed by atoms with E-state index in [0.29, 0.717) is 15.6 Å². The number of halogens is 3. The van der Waals surface area contributed by atoms with Crippen LogP contribution in [0.25, 0.3) is 0 Å². The Bertz CT molecular complexity index is 584. The van der Waals surface area contributed by atoms with Gasteiger partial charge in [-0.25, -0.2) is 4.39 Å². The molecule has 18 heavy (non-hydrogen) atoms. The first-order valence-corrected chi connectivity index (χ1v) is 6.14. The minimum absolute atomic E-state index is 0.159. The first kappa shape index (κ1) is 13.3. The van der Waals surface area contributed by atoms with Crippen molar-refractivity contribution in [2.75, 3.05) is 0 Å². The molecule has 0 aliphatic carbocycles. The molecular weight excluding hydrogens is 274 g/mol. The van der Waals surface area contributed by atoms with Crippen molar-refractivity contribution in [3.63, 3.8) is 0 Å². The van der Waals surface area contributed by atoms with Crippen molar-refractivity contribution >= 4 is 23.2 Å². The Labute approximate surface area is 115 Å². The van der Waals surface area contributed by atoms with Crippen molar-refractivity contribution in [3.05, 3.63) is 69.0 Å². The Kier molecular flexibility index (Phi) is 3.91. The van der Waals surface area contributed by atoms with Gasteiger partial charge in [0.15, 0.2) is 0 Å². The summed E-state index contributed by atoms with van der Waals surface area (Å²) in [7, 11) is 0. The van der Waals surface area contributed by atoms with Crippen LogP contribution in [0.4, 0.5) is 4.39 Å². The molecule has 4 heteroatoms. The van der Waals surface area contributed by atoms with Crippen LogP contribution in [0.2, 0.25) is 10.0 Å². The molecule has 1 N–H and O–H groups in total. The summed E-state index contributed by atoms with van der Waals surface area (Å²) in [5, 5.41) is 10.9. The quantitative estimate of drug-likeness (QED) is 0.860. The van der Waals surface area contributed by atoms with Crippen LogP contribution in [0.15, 0.2) is 36.4 Å². The highest BCUT2D eigenvalue weighted by molar-refractivity contribution is 6.32. The number of hydrogen-bond donors (Lipinski definition) is 1. The molecule has 0 saturated heterocycles. The number of aryl methyl sites for hydroxylation is 1. The van der Waals surface area contributed by atoms with Crippen molar-refractivity contribution in [1.82, 2.24) is 0 Å². The summed E-state index contributed by atoms with van der Waals surface area (Å²) in [6.45, 7) is 1.83. The Morgan fingerprint density at radius 1 is 1.11 bits per heavy atom. The zero-order chi connectivity index (χ0) is 13.3. The highest BCUT2D eigenvalue weighted by Crippen LogP contribution is 2.32. The fourth-order valence-corrected chi connectivity index (χ4v) is 2.16. The summed E-state index contributed by atoms with van der Waals surface area (Å²) in [4.78, 5) is 0. The fourth-order valence-electron chi connectivity index (χ4n) is 1.77. The molecule has 94 valence electrons. The predicted molar refractivity (Wildman–Crippen MR) is 71.7 cm³/mol. The molecule has 0 aliphatic rings. The number of aliphatic hydroxyl groups excluding tert-OH is 1. The van der Waals surface area contributed by atoms with Crippen molar-refractivity contribution in [2.24, 2.45) is 0 Å². The van der Waals surface area contributed by atoms with Gasteiger partial charge in [0.1, 0.15) is 11.9 Å². The molecule has 0 aromatic heterocycles. The third kappa shape index (κ3) is 2.51. The van der Waals surface area contributed by atoms with Gasteiger partial charge >= 0.3 is 0 Å². The summed E-state index contributed by atoms with van der Waals surface area (Å²) in [5.41, 5.74) is 1.48. The van der Waals surface area contributed by atoms with Gasteiger partial charge in [0.25, 0.3) is 0 Å². The Morgan fingerprint density at radius 2 is 1.83 bits per heavy atom. The maximum Gasteiger partial charge on any atom is 0.130 e. The van der Waals surface area contributed by atoms with Crippen LogP contribution in [0.5, 0.6) is 0 Å². The summed E-state index contributed by atoms with van der Waals surface area (Å²) >= 11 is 11.8. The molecule has 0 aliphatic heterocycles. The number of benzene rings is 2. The third-order valence-electron chi connectivity index (χ3n) is 2.77. The fraction of sp³-hybridized carbons (Fsp3) is 0.143. The second-order valence-corrected chi connectivity index (χ2v) is 4.86. The first-order valence-electron chi connectivity index (χ1n) is 5.38.